The summed E-state index contributed by atoms with van der Waals surface area (Å²) in [7, 11) is 0. The molecular weight excluding hydrogens is 299 g/mol. The molecule has 3 heterocycles. The molecule has 0 bridgehead atoms. The van der Waals surface area contributed by atoms with Gasteiger partial charge >= 0.3 is 0 Å². The maximum atomic E-state index is 4.67. The van der Waals surface area contributed by atoms with E-state index >= 15 is 0 Å². The van der Waals surface area contributed by atoms with Gasteiger partial charge in [-0.2, -0.15) is 0 Å². The molecule has 0 N–H and O–H groups in total. The van der Waals surface area contributed by atoms with E-state index in [4.69, 9.17) is 0 Å². The van der Waals surface area contributed by atoms with Crippen LogP contribution in [0.1, 0.15) is 22.5 Å². The molecule has 0 fully saturated rings. The second-order valence-electron chi connectivity index (χ2n) is 4.58. The fourth-order valence-electron chi connectivity index (χ4n) is 2.40. The fourth-order valence-corrected chi connectivity index (χ4v) is 2.40. The van der Waals surface area contributed by atoms with Crippen molar-refractivity contribution in [2.24, 2.45) is 0 Å². The molecule has 0 saturated carbocycles. The quantitative estimate of drug-likeness (QED) is 0.638. The topological polar surface area (TPSA) is 30.2 Å². The molecule has 3 nitrogen and oxygen atoms in total. The van der Waals surface area contributed by atoms with Crippen LogP contribution < -0.4 is 0 Å². The molecule has 18 heavy (non-hydrogen) atoms. The van der Waals surface area contributed by atoms with Gasteiger partial charge in [0.25, 0.3) is 0 Å². The molecule has 4 heteroatoms. The third-order valence-corrected chi connectivity index (χ3v) is 3.69. The number of hydrogen-bond donors (Lipinski definition) is 0. The average Bonchev–Trinajstić information content (AvgIpc) is 2.63. The van der Waals surface area contributed by atoms with Crippen molar-refractivity contribution in [3.63, 3.8) is 0 Å². The first-order valence-corrected chi connectivity index (χ1v) is 5.80. The van der Waals surface area contributed by atoms with Crippen LogP contribution in [0.15, 0.2) is 18.5 Å². The van der Waals surface area contributed by atoms with Crippen molar-refractivity contribution in [1.82, 2.24) is 14.4 Å². The normalized spacial score (nSPS) is 10.9. The van der Waals surface area contributed by atoms with Crippen molar-refractivity contribution in [2.45, 2.75) is 27.7 Å². The van der Waals surface area contributed by atoms with Gasteiger partial charge in [0.15, 0.2) is 0 Å². The van der Waals surface area contributed by atoms with Crippen molar-refractivity contribution in [2.75, 3.05) is 0 Å². The monoisotopic (exact) mass is 314 g/mol. The third kappa shape index (κ3) is 1.72. The van der Waals surface area contributed by atoms with E-state index in [2.05, 4.69) is 48.1 Å². The molecule has 0 aliphatic heterocycles. The molecule has 3 aromatic rings. The molecule has 0 aromatic carbocycles. The first kappa shape index (κ1) is 13.6. The van der Waals surface area contributed by atoms with Crippen molar-refractivity contribution in [3.05, 3.63) is 41.0 Å². The van der Waals surface area contributed by atoms with Crippen LogP contribution >= 0.6 is 0 Å². The molecule has 0 unspecified atom stereocenters. The van der Waals surface area contributed by atoms with Crippen LogP contribution in [-0.4, -0.2) is 14.4 Å². The number of aromatic nitrogens is 3. The van der Waals surface area contributed by atoms with E-state index < -0.39 is 0 Å². The second-order valence-corrected chi connectivity index (χ2v) is 4.58. The van der Waals surface area contributed by atoms with Gasteiger partial charge in [0.2, 0.25) is 0 Å². The Morgan fingerprint density at radius 1 is 1.06 bits per heavy atom. The fraction of sp³-hybridized carbons (Fsp3) is 0.286. The van der Waals surface area contributed by atoms with Crippen LogP contribution in [0.5, 0.6) is 0 Å². The second kappa shape index (κ2) is 4.71. The van der Waals surface area contributed by atoms with Crippen LogP contribution in [-0.2, 0) is 32.7 Å². The average molecular weight is 314 g/mol. The first-order chi connectivity index (χ1) is 8.11. The Morgan fingerprint density at radius 3 is 2.50 bits per heavy atom. The summed E-state index contributed by atoms with van der Waals surface area (Å²) in [6.45, 7) is 8.44. The van der Waals surface area contributed by atoms with E-state index in [9.17, 15) is 0 Å². The number of hydrogen-bond acceptors (Lipinski definition) is 2. The summed E-state index contributed by atoms with van der Waals surface area (Å²) in [6.07, 6.45) is 3.78. The molecule has 0 saturated heterocycles. The van der Waals surface area contributed by atoms with Crippen LogP contribution in [0.25, 0.3) is 16.6 Å². The van der Waals surface area contributed by atoms with Gasteiger partial charge in [-0.05, 0) is 44.9 Å². The van der Waals surface area contributed by atoms with Gasteiger partial charge in [-0.3, -0.25) is 9.38 Å². The Kier molecular flexibility index (Phi) is 3.57. The Bertz CT molecular complexity index is 744. The summed E-state index contributed by atoms with van der Waals surface area (Å²) in [5.74, 6) is 0. The standard InChI is InChI=1S/C14H15N3.Y/c1-8-9(2)14-16-10(3)11(4)17(14)13-5-6-15-7-12(8)13;/h5-7H,1-4H3;. The predicted octanol–water partition coefficient (Wildman–Crippen LogP) is 3.11. The maximum Gasteiger partial charge on any atom is 0.140 e. The largest absolute Gasteiger partial charge is 0.296 e. The van der Waals surface area contributed by atoms with Gasteiger partial charge < -0.3 is 0 Å². The first-order valence-electron chi connectivity index (χ1n) is 5.80. The summed E-state index contributed by atoms with van der Waals surface area (Å²) in [6, 6.07) is 2.06. The van der Waals surface area contributed by atoms with Gasteiger partial charge in [0, 0.05) is 56.2 Å². The Hall–Kier alpha value is -0.796. The van der Waals surface area contributed by atoms with Crippen molar-refractivity contribution < 1.29 is 32.7 Å². The Balaban J connectivity index is 0.00000120. The Labute approximate surface area is 132 Å². The van der Waals surface area contributed by atoms with Gasteiger partial charge in [-0.25, -0.2) is 4.98 Å². The SMILES string of the molecule is Cc1nc2c(C)c(C)c3cnccc3n2c1C.[Y]. The molecule has 1 radical (unpaired) electrons. The van der Waals surface area contributed by atoms with Crippen LogP contribution in [0.2, 0.25) is 0 Å². The van der Waals surface area contributed by atoms with Gasteiger partial charge in [-0.1, -0.05) is 0 Å². The van der Waals surface area contributed by atoms with E-state index in [1.54, 1.807) is 0 Å². The predicted molar refractivity (Wildman–Crippen MR) is 69.4 cm³/mol. The van der Waals surface area contributed by atoms with Crippen LogP contribution in [0.4, 0.5) is 0 Å². The molecule has 0 aliphatic carbocycles. The van der Waals surface area contributed by atoms with E-state index in [1.165, 1.54) is 27.7 Å². The summed E-state index contributed by atoms with van der Waals surface area (Å²) >= 11 is 0. The molecule has 0 atom stereocenters. The molecule has 0 aliphatic rings. The smallest absolute Gasteiger partial charge is 0.140 e. The molecule has 3 rings (SSSR count). The van der Waals surface area contributed by atoms with E-state index in [0.717, 1.165) is 11.3 Å². The summed E-state index contributed by atoms with van der Waals surface area (Å²) in [4.78, 5) is 8.89. The van der Waals surface area contributed by atoms with E-state index in [-0.39, 0.29) is 32.7 Å². The minimum Gasteiger partial charge on any atom is -0.296 e. The van der Waals surface area contributed by atoms with Crippen molar-refractivity contribution >= 4 is 16.6 Å². The maximum absolute atomic E-state index is 4.67. The molecule has 3 aromatic heterocycles. The van der Waals surface area contributed by atoms with Gasteiger partial charge in [0.1, 0.15) is 5.65 Å². The summed E-state index contributed by atoms with van der Waals surface area (Å²) in [5, 5.41) is 1.21. The summed E-state index contributed by atoms with van der Waals surface area (Å²) < 4.78 is 2.23. The number of pyridine rings is 2. The minimum absolute atomic E-state index is 0. The zero-order chi connectivity index (χ0) is 12.2. The summed E-state index contributed by atoms with van der Waals surface area (Å²) in [5.41, 5.74) is 7.07. The molecule has 89 valence electrons. The number of rotatable bonds is 0. The van der Waals surface area contributed by atoms with E-state index in [1.807, 2.05) is 12.4 Å². The molecule has 0 spiro atoms. The number of fused-ring (bicyclic) bond motifs is 3. The van der Waals surface area contributed by atoms with Gasteiger partial charge in [0.05, 0.1) is 11.2 Å². The van der Waals surface area contributed by atoms with Crippen molar-refractivity contribution in [3.8, 4) is 0 Å². The molecule has 0 amide bonds. The zero-order valence-electron chi connectivity index (χ0n) is 11.2. The Morgan fingerprint density at radius 2 is 1.78 bits per heavy atom. The minimum atomic E-state index is 0. The number of aryl methyl sites for hydroxylation is 4. The van der Waals surface area contributed by atoms with E-state index in [0.29, 0.717) is 0 Å². The van der Waals surface area contributed by atoms with Crippen LogP contribution in [0, 0.1) is 27.7 Å². The number of nitrogens with zero attached hydrogens (tertiary/aromatic N) is 3. The third-order valence-electron chi connectivity index (χ3n) is 3.69. The molecular formula is C14H15N3Y. The number of imidazole rings is 1. The van der Waals surface area contributed by atoms with Crippen LogP contribution in [0.3, 0.4) is 0 Å². The zero-order valence-corrected chi connectivity index (χ0v) is 14.0. The van der Waals surface area contributed by atoms with Crippen molar-refractivity contribution in [1.29, 1.82) is 0 Å². The van der Waals surface area contributed by atoms with Gasteiger partial charge in [-0.15, -0.1) is 0 Å².